The molecule has 6 nitrogen and oxygen atoms in total. The van der Waals surface area contributed by atoms with Crippen LogP contribution in [0.25, 0.3) is 0 Å². The van der Waals surface area contributed by atoms with E-state index in [2.05, 4.69) is 25.5 Å². The molecule has 0 spiro atoms. The zero-order chi connectivity index (χ0) is 12.3. The second-order valence-electron chi connectivity index (χ2n) is 4.14. The number of nitrogen functional groups attached to an aromatic ring is 1. The maximum absolute atomic E-state index is 5.75. The fraction of sp³-hybridized carbons (Fsp3) is 0.455. The molecule has 0 saturated carbocycles. The summed E-state index contributed by atoms with van der Waals surface area (Å²) < 4.78 is 0. The molecular formula is C11H18N6. The summed E-state index contributed by atoms with van der Waals surface area (Å²) in [5.41, 5.74) is 8.15. The Bertz CT molecular complexity index is 484. The van der Waals surface area contributed by atoms with Crippen LogP contribution in [0.2, 0.25) is 0 Å². The van der Waals surface area contributed by atoms with Crippen LogP contribution in [0.5, 0.6) is 0 Å². The standard InChI is InChI=1S/C11H18N6/c1-7-9(6-14-17-7)4-3-5-13-11-10(12)15-8(2)16-11/h6,13H,3-5,12H2,1-2H3,(H,14,17)(H,15,16). The van der Waals surface area contributed by atoms with Crippen LogP contribution in [0.4, 0.5) is 11.6 Å². The number of imidazole rings is 1. The van der Waals surface area contributed by atoms with Crippen LogP contribution >= 0.6 is 0 Å². The lowest BCUT2D eigenvalue weighted by Gasteiger charge is -2.03. The van der Waals surface area contributed by atoms with Gasteiger partial charge in [0, 0.05) is 12.2 Å². The smallest absolute Gasteiger partial charge is 0.168 e. The highest BCUT2D eigenvalue weighted by Gasteiger charge is 2.04. The number of H-pyrrole nitrogens is 2. The minimum Gasteiger partial charge on any atom is -0.382 e. The fourth-order valence-electron chi connectivity index (χ4n) is 1.76. The zero-order valence-electron chi connectivity index (χ0n) is 10.2. The van der Waals surface area contributed by atoms with Crippen LogP contribution < -0.4 is 11.1 Å². The number of hydrogen-bond acceptors (Lipinski definition) is 4. The third kappa shape index (κ3) is 2.77. The van der Waals surface area contributed by atoms with E-state index in [4.69, 9.17) is 5.73 Å². The van der Waals surface area contributed by atoms with Gasteiger partial charge in [0.25, 0.3) is 0 Å². The first-order valence-electron chi connectivity index (χ1n) is 5.71. The lowest BCUT2D eigenvalue weighted by Crippen LogP contribution is -2.05. The van der Waals surface area contributed by atoms with Gasteiger partial charge in [-0.25, -0.2) is 4.98 Å². The Hall–Kier alpha value is -1.98. The highest BCUT2D eigenvalue weighted by atomic mass is 15.1. The van der Waals surface area contributed by atoms with Crippen molar-refractivity contribution < 1.29 is 0 Å². The minimum atomic E-state index is 0.599. The molecule has 0 bridgehead atoms. The maximum atomic E-state index is 5.75. The van der Waals surface area contributed by atoms with Crippen molar-refractivity contribution in [2.24, 2.45) is 0 Å². The van der Waals surface area contributed by atoms with Gasteiger partial charge in [-0.3, -0.25) is 5.10 Å². The van der Waals surface area contributed by atoms with E-state index >= 15 is 0 Å². The Labute approximate surface area is 100 Å². The Morgan fingerprint density at radius 2 is 2.24 bits per heavy atom. The molecule has 2 rings (SSSR count). The van der Waals surface area contributed by atoms with Gasteiger partial charge in [-0.15, -0.1) is 0 Å². The second kappa shape index (κ2) is 4.90. The van der Waals surface area contributed by atoms with Crippen molar-refractivity contribution in [1.29, 1.82) is 0 Å². The van der Waals surface area contributed by atoms with Crippen molar-refractivity contribution in [2.45, 2.75) is 26.7 Å². The Balaban J connectivity index is 1.77. The monoisotopic (exact) mass is 234 g/mol. The molecule has 17 heavy (non-hydrogen) atoms. The summed E-state index contributed by atoms with van der Waals surface area (Å²) >= 11 is 0. The number of nitrogens with zero attached hydrogens (tertiary/aromatic N) is 2. The van der Waals surface area contributed by atoms with E-state index in [1.807, 2.05) is 20.0 Å². The quantitative estimate of drug-likeness (QED) is 0.588. The highest BCUT2D eigenvalue weighted by Crippen LogP contribution is 2.14. The molecular weight excluding hydrogens is 216 g/mol. The van der Waals surface area contributed by atoms with Crippen molar-refractivity contribution >= 4 is 11.6 Å². The van der Waals surface area contributed by atoms with Crippen molar-refractivity contribution in [3.8, 4) is 0 Å². The number of nitrogens with one attached hydrogen (secondary N) is 3. The summed E-state index contributed by atoms with van der Waals surface area (Å²) in [5, 5.41) is 10.1. The second-order valence-corrected chi connectivity index (χ2v) is 4.14. The molecule has 0 saturated heterocycles. The van der Waals surface area contributed by atoms with Gasteiger partial charge in [0.15, 0.2) is 5.82 Å². The number of aromatic amines is 2. The SMILES string of the molecule is Cc1nc(NCCCc2cn[nH]c2C)c(N)[nH]1. The van der Waals surface area contributed by atoms with E-state index in [1.165, 1.54) is 5.56 Å². The summed E-state index contributed by atoms with van der Waals surface area (Å²) in [6, 6.07) is 0. The molecule has 0 unspecified atom stereocenters. The van der Waals surface area contributed by atoms with E-state index < -0.39 is 0 Å². The molecule has 0 atom stereocenters. The molecule has 6 heteroatoms. The van der Waals surface area contributed by atoms with Crippen molar-refractivity contribution in [2.75, 3.05) is 17.6 Å². The van der Waals surface area contributed by atoms with Gasteiger partial charge >= 0.3 is 0 Å². The Kier molecular flexibility index (Phi) is 3.32. The first-order valence-corrected chi connectivity index (χ1v) is 5.71. The summed E-state index contributed by atoms with van der Waals surface area (Å²) in [4.78, 5) is 7.21. The number of rotatable bonds is 5. The molecule has 0 aliphatic rings. The van der Waals surface area contributed by atoms with Gasteiger partial charge in [0.2, 0.25) is 0 Å². The molecule has 0 aliphatic heterocycles. The molecule has 0 aliphatic carbocycles. The van der Waals surface area contributed by atoms with Crippen LogP contribution in [0.3, 0.4) is 0 Å². The minimum absolute atomic E-state index is 0.599. The van der Waals surface area contributed by atoms with Crippen LogP contribution in [-0.2, 0) is 6.42 Å². The van der Waals surface area contributed by atoms with Crippen molar-refractivity contribution in [3.05, 3.63) is 23.3 Å². The largest absolute Gasteiger partial charge is 0.382 e. The van der Waals surface area contributed by atoms with Gasteiger partial charge in [0.05, 0.1) is 6.20 Å². The average Bonchev–Trinajstić information content (AvgIpc) is 2.81. The van der Waals surface area contributed by atoms with Gasteiger partial charge < -0.3 is 16.0 Å². The number of aromatic nitrogens is 4. The molecule has 0 aromatic carbocycles. The lowest BCUT2D eigenvalue weighted by molar-refractivity contribution is 0.854. The summed E-state index contributed by atoms with van der Waals surface area (Å²) in [6.45, 7) is 4.76. The number of hydrogen-bond donors (Lipinski definition) is 4. The lowest BCUT2D eigenvalue weighted by atomic mass is 10.1. The average molecular weight is 234 g/mol. The predicted octanol–water partition coefficient (Wildman–Crippen LogP) is 1.38. The Morgan fingerprint density at radius 3 is 2.82 bits per heavy atom. The van der Waals surface area contributed by atoms with Crippen LogP contribution in [0, 0.1) is 13.8 Å². The van der Waals surface area contributed by atoms with Crippen LogP contribution in [-0.4, -0.2) is 26.7 Å². The zero-order valence-corrected chi connectivity index (χ0v) is 10.2. The van der Waals surface area contributed by atoms with Crippen LogP contribution in [0.1, 0.15) is 23.5 Å². The first kappa shape index (κ1) is 11.5. The fourth-order valence-corrected chi connectivity index (χ4v) is 1.76. The molecule has 2 aromatic heterocycles. The molecule has 2 aromatic rings. The molecule has 0 amide bonds. The molecule has 0 radical (unpaired) electrons. The number of aryl methyl sites for hydroxylation is 3. The maximum Gasteiger partial charge on any atom is 0.168 e. The molecule has 2 heterocycles. The third-order valence-electron chi connectivity index (χ3n) is 2.70. The predicted molar refractivity (Wildman–Crippen MR) is 67.9 cm³/mol. The van der Waals surface area contributed by atoms with E-state index in [-0.39, 0.29) is 0 Å². The van der Waals surface area contributed by atoms with Crippen molar-refractivity contribution in [3.63, 3.8) is 0 Å². The van der Waals surface area contributed by atoms with Gasteiger partial charge in [-0.1, -0.05) is 0 Å². The van der Waals surface area contributed by atoms with Crippen LogP contribution in [0.15, 0.2) is 6.20 Å². The highest BCUT2D eigenvalue weighted by molar-refractivity contribution is 5.56. The normalized spacial score (nSPS) is 10.7. The summed E-state index contributed by atoms with van der Waals surface area (Å²) in [7, 11) is 0. The van der Waals surface area contributed by atoms with E-state index in [0.29, 0.717) is 5.82 Å². The number of nitrogens with two attached hydrogens (primary N) is 1. The molecule has 5 N–H and O–H groups in total. The van der Waals surface area contributed by atoms with Gasteiger partial charge in [0.1, 0.15) is 11.6 Å². The van der Waals surface area contributed by atoms with E-state index in [9.17, 15) is 0 Å². The molecule has 0 fully saturated rings. The first-order chi connectivity index (χ1) is 8.16. The molecule has 92 valence electrons. The van der Waals surface area contributed by atoms with Gasteiger partial charge in [-0.2, -0.15) is 5.10 Å². The van der Waals surface area contributed by atoms with Crippen molar-refractivity contribution in [1.82, 2.24) is 20.2 Å². The summed E-state index contributed by atoms with van der Waals surface area (Å²) in [5.74, 6) is 2.17. The van der Waals surface area contributed by atoms with Gasteiger partial charge in [-0.05, 0) is 32.3 Å². The van der Waals surface area contributed by atoms with E-state index in [0.717, 1.165) is 36.7 Å². The summed E-state index contributed by atoms with van der Waals surface area (Å²) in [6.07, 6.45) is 3.90. The Morgan fingerprint density at radius 1 is 1.41 bits per heavy atom. The topological polar surface area (TPSA) is 95.4 Å². The van der Waals surface area contributed by atoms with E-state index in [1.54, 1.807) is 0 Å². The third-order valence-corrected chi connectivity index (χ3v) is 2.70. The number of anilines is 2.